The molecule has 1 heterocycles. The maximum Gasteiger partial charge on any atom is 0.211 e. The Hall–Kier alpha value is -1.18. The van der Waals surface area contributed by atoms with Crippen LogP contribution in [-0.4, -0.2) is 45.7 Å². The third-order valence-electron chi connectivity index (χ3n) is 4.33. The van der Waals surface area contributed by atoms with Crippen molar-refractivity contribution < 1.29 is 17.5 Å². The summed E-state index contributed by atoms with van der Waals surface area (Å²) in [6, 6.07) is 4.57. The van der Waals surface area contributed by atoms with E-state index in [2.05, 4.69) is 5.32 Å². The van der Waals surface area contributed by atoms with Gasteiger partial charge < -0.3 is 10.1 Å². The van der Waals surface area contributed by atoms with Gasteiger partial charge in [0.05, 0.1) is 13.4 Å². The zero-order chi connectivity index (χ0) is 17.0. The van der Waals surface area contributed by atoms with Gasteiger partial charge in [-0.2, -0.15) is 0 Å². The van der Waals surface area contributed by atoms with Gasteiger partial charge in [0.2, 0.25) is 10.0 Å². The summed E-state index contributed by atoms with van der Waals surface area (Å²) in [5.74, 6) is 0.454. The molecule has 0 saturated carbocycles. The molecule has 0 bridgehead atoms. The van der Waals surface area contributed by atoms with E-state index in [-0.39, 0.29) is 17.8 Å². The third-order valence-corrected chi connectivity index (χ3v) is 5.60. The van der Waals surface area contributed by atoms with Gasteiger partial charge in [-0.3, -0.25) is 0 Å². The van der Waals surface area contributed by atoms with Crippen LogP contribution < -0.4 is 10.1 Å². The number of hydrogen-bond donors (Lipinski definition) is 1. The van der Waals surface area contributed by atoms with Crippen LogP contribution in [-0.2, 0) is 10.0 Å². The van der Waals surface area contributed by atoms with Crippen molar-refractivity contribution in [1.29, 1.82) is 0 Å². The van der Waals surface area contributed by atoms with E-state index < -0.39 is 10.0 Å². The molecule has 130 valence electrons. The van der Waals surface area contributed by atoms with Gasteiger partial charge in [0.15, 0.2) is 0 Å². The number of rotatable bonds is 6. The summed E-state index contributed by atoms with van der Waals surface area (Å²) in [4.78, 5) is 0. The molecule has 1 N–H and O–H groups in total. The number of methoxy groups -OCH3 is 1. The van der Waals surface area contributed by atoms with E-state index in [1.807, 2.05) is 6.92 Å². The Bertz CT molecular complexity index is 636. The average Bonchev–Trinajstić information content (AvgIpc) is 2.51. The molecule has 0 amide bonds. The highest BCUT2D eigenvalue weighted by Crippen LogP contribution is 2.28. The third kappa shape index (κ3) is 4.65. The summed E-state index contributed by atoms with van der Waals surface area (Å²) in [5, 5.41) is 3.31. The Morgan fingerprint density at radius 2 is 2.22 bits per heavy atom. The van der Waals surface area contributed by atoms with Crippen molar-refractivity contribution in [1.82, 2.24) is 9.62 Å². The highest BCUT2D eigenvalue weighted by atomic mass is 32.2. The molecule has 1 saturated heterocycles. The van der Waals surface area contributed by atoms with E-state index in [0.29, 0.717) is 30.9 Å². The van der Waals surface area contributed by atoms with Crippen molar-refractivity contribution in [3.05, 3.63) is 29.6 Å². The van der Waals surface area contributed by atoms with E-state index in [4.69, 9.17) is 4.74 Å². The van der Waals surface area contributed by atoms with Gasteiger partial charge in [0.25, 0.3) is 0 Å². The normalized spacial score (nSPS) is 21.1. The van der Waals surface area contributed by atoms with Crippen LogP contribution in [0.5, 0.6) is 5.75 Å². The summed E-state index contributed by atoms with van der Waals surface area (Å²) in [7, 11) is -1.62. The van der Waals surface area contributed by atoms with E-state index >= 15 is 0 Å². The predicted molar refractivity (Wildman–Crippen MR) is 88.5 cm³/mol. The van der Waals surface area contributed by atoms with E-state index in [1.165, 1.54) is 23.7 Å². The minimum atomic E-state index is -3.14. The molecule has 2 rings (SSSR count). The van der Waals surface area contributed by atoms with Gasteiger partial charge in [-0.05, 0) is 44.4 Å². The maximum absolute atomic E-state index is 14.1. The zero-order valence-corrected chi connectivity index (χ0v) is 14.7. The topological polar surface area (TPSA) is 58.6 Å². The Morgan fingerprint density at radius 3 is 2.87 bits per heavy atom. The second-order valence-electron chi connectivity index (χ2n) is 6.11. The van der Waals surface area contributed by atoms with Crippen LogP contribution in [0.4, 0.5) is 4.39 Å². The number of nitrogens with one attached hydrogen (secondary N) is 1. The second-order valence-corrected chi connectivity index (χ2v) is 8.10. The number of piperidine rings is 1. The molecule has 23 heavy (non-hydrogen) atoms. The molecule has 1 aromatic carbocycles. The number of halogens is 1. The molecule has 2 atom stereocenters. The molecule has 1 aliphatic heterocycles. The predicted octanol–water partition coefficient (Wildman–Crippen LogP) is 2.16. The number of sulfonamides is 1. The minimum absolute atomic E-state index is 0.209. The van der Waals surface area contributed by atoms with Gasteiger partial charge in [0.1, 0.15) is 11.6 Å². The summed E-state index contributed by atoms with van der Waals surface area (Å²) in [6.07, 6.45) is 3.08. The molecule has 1 aliphatic rings. The quantitative estimate of drug-likeness (QED) is 0.859. The van der Waals surface area contributed by atoms with Crippen molar-refractivity contribution in [2.75, 3.05) is 33.0 Å². The molecular formula is C16H25FN2O3S. The van der Waals surface area contributed by atoms with Crippen molar-refractivity contribution in [3.8, 4) is 5.75 Å². The fourth-order valence-electron chi connectivity index (χ4n) is 3.06. The lowest BCUT2D eigenvalue weighted by Gasteiger charge is -2.32. The van der Waals surface area contributed by atoms with Crippen LogP contribution >= 0.6 is 0 Å². The Kier molecular flexibility index (Phi) is 6.00. The molecule has 0 aliphatic carbocycles. The molecule has 5 nitrogen and oxygen atoms in total. The molecular weight excluding hydrogens is 319 g/mol. The lowest BCUT2D eigenvalue weighted by Crippen LogP contribution is -2.42. The van der Waals surface area contributed by atoms with Gasteiger partial charge in [-0.25, -0.2) is 17.1 Å². The number of nitrogens with zero attached hydrogens (tertiary/aromatic N) is 1. The first kappa shape index (κ1) is 18.2. The Balaban J connectivity index is 1.98. The van der Waals surface area contributed by atoms with Gasteiger partial charge in [-0.15, -0.1) is 0 Å². The zero-order valence-electron chi connectivity index (χ0n) is 13.9. The van der Waals surface area contributed by atoms with Crippen LogP contribution in [0.25, 0.3) is 0 Å². The van der Waals surface area contributed by atoms with Gasteiger partial charge >= 0.3 is 0 Å². The molecule has 7 heteroatoms. The fraction of sp³-hybridized carbons (Fsp3) is 0.625. The highest BCUT2D eigenvalue weighted by Gasteiger charge is 2.26. The standard InChI is InChI=1S/C16H25FN2O3S/c1-12(16-14(17)7-4-8-15(16)22-2)18-10-13-6-5-9-19(11-13)23(3,20)21/h4,7-8,12-13,18H,5-6,9-11H2,1-3H3. The molecule has 0 radical (unpaired) electrons. The van der Waals surface area contributed by atoms with Crippen molar-refractivity contribution in [2.24, 2.45) is 5.92 Å². The first-order chi connectivity index (χ1) is 10.8. The SMILES string of the molecule is COc1cccc(F)c1C(C)NCC1CCCN(S(C)(=O)=O)C1. The average molecular weight is 344 g/mol. The first-order valence-corrected chi connectivity index (χ1v) is 9.68. The number of benzene rings is 1. The summed E-state index contributed by atoms with van der Waals surface area (Å²) in [6.45, 7) is 3.64. The summed E-state index contributed by atoms with van der Waals surface area (Å²) < 4.78 is 44.1. The molecule has 1 fully saturated rings. The van der Waals surface area contributed by atoms with Gasteiger partial charge in [0, 0.05) is 24.7 Å². The molecule has 1 aromatic rings. The van der Waals surface area contributed by atoms with Crippen LogP contribution in [0, 0.1) is 11.7 Å². The van der Waals surface area contributed by atoms with E-state index in [0.717, 1.165) is 12.8 Å². The van der Waals surface area contributed by atoms with Crippen LogP contribution in [0.2, 0.25) is 0 Å². The largest absolute Gasteiger partial charge is 0.496 e. The van der Waals surface area contributed by atoms with Gasteiger partial charge in [-0.1, -0.05) is 6.07 Å². The molecule has 0 spiro atoms. The lowest BCUT2D eigenvalue weighted by molar-refractivity contribution is 0.255. The summed E-state index contributed by atoms with van der Waals surface area (Å²) >= 11 is 0. The molecule has 2 unspecified atom stereocenters. The highest BCUT2D eigenvalue weighted by molar-refractivity contribution is 7.88. The van der Waals surface area contributed by atoms with E-state index in [9.17, 15) is 12.8 Å². The second kappa shape index (κ2) is 7.59. The fourth-order valence-corrected chi connectivity index (χ4v) is 4.00. The van der Waals surface area contributed by atoms with E-state index in [1.54, 1.807) is 12.1 Å². The monoisotopic (exact) mass is 344 g/mol. The Morgan fingerprint density at radius 1 is 1.48 bits per heavy atom. The van der Waals surface area contributed by atoms with Crippen molar-refractivity contribution >= 4 is 10.0 Å². The van der Waals surface area contributed by atoms with Crippen molar-refractivity contribution in [3.63, 3.8) is 0 Å². The lowest BCUT2D eigenvalue weighted by atomic mass is 9.98. The number of hydrogen-bond acceptors (Lipinski definition) is 4. The summed E-state index contributed by atoms with van der Waals surface area (Å²) in [5.41, 5.74) is 0.505. The minimum Gasteiger partial charge on any atom is -0.496 e. The van der Waals surface area contributed by atoms with Crippen LogP contribution in [0.3, 0.4) is 0 Å². The smallest absolute Gasteiger partial charge is 0.211 e. The van der Waals surface area contributed by atoms with Crippen LogP contribution in [0.1, 0.15) is 31.4 Å². The maximum atomic E-state index is 14.1. The van der Waals surface area contributed by atoms with Crippen molar-refractivity contribution in [2.45, 2.75) is 25.8 Å². The van der Waals surface area contributed by atoms with Crippen LogP contribution in [0.15, 0.2) is 18.2 Å². The number of ether oxygens (including phenoxy) is 1. The Labute approximate surface area is 137 Å². The first-order valence-electron chi connectivity index (χ1n) is 7.83. The molecule has 0 aromatic heterocycles.